The molecular formula is C33H28BNO3. The van der Waals surface area contributed by atoms with Crippen molar-refractivity contribution in [3.05, 3.63) is 97.2 Å². The maximum absolute atomic E-state index is 6.32. The van der Waals surface area contributed by atoms with Crippen LogP contribution in [0.5, 0.6) is 11.5 Å². The van der Waals surface area contributed by atoms with E-state index in [2.05, 4.69) is 105 Å². The number of hydrogen-bond acceptors (Lipinski definition) is 4. The second-order valence-corrected chi connectivity index (χ2v) is 11.1. The molecule has 2 aliphatic rings. The first-order valence-electron chi connectivity index (χ1n) is 13.1. The molecule has 4 nitrogen and oxygen atoms in total. The van der Waals surface area contributed by atoms with Crippen LogP contribution in [0.3, 0.4) is 0 Å². The highest BCUT2D eigenvalue weighted by molar-refractivity contribution is 6.62. The lowest BCUT2D eigenvalue weighted by molar-refractivity contribution is 0.00578. The summed E-state index contributed by atoms with van der Waals surface area (Å²) in [6, 6.07) is 31.6. The van der Waals surface area contributed by atoms with Crippen molar-refractivity contribution >= 4 is 23.4 Å². The van der Waals surface area contributed by atoms with Gasteiger partial charge in [-0.3, -0.25) is 4.98 Å². The number of aromatic nitrogens is 1. The standard InChI is InChI=1S/C33H28BNO3/c1-32(2)33(3,4)38-34(37-32)26-15-12-22(13-16-26)21-8-10-23(11-9-21)25-14-17-27-29(20-25)36-28-7-5-6-24-18-19-35-31(27)30(24)28/h5-20H,1-4H3. The van der Waals surface area contributed by atoms with Gasteiger partial charge in [0.15, 0.2) is 0 Å². The minimum Gasteiger partial charge on any atom is -0.456 e. The molecule has 0 atom stereocenters. The molecule has 38 heavy (non-hydrogen) atoms. The summed E-state index contributed by atoms with van der Waals surface area (Å²) in [4.78, 5) is 4.68. The fourth-order valence-corrected chi connectivity index (χ4v) is 5.25. The number of ether oxygens (including phenoxy) is 1. The van der Waals surface area contributed by atoms with Crippen molar-refractivity contribution in [1.29, 1.82) is 0 Å². The summed E-state index contributed by atoms with van der Waals surface area (Å²) in [5, 5.41) is 2.21. The third-order valence-electron chi connectivity index (χ3n) is 8.20. The van der Waals surface area contributed by atoms with Crippen LogP contribution in [0.15, 0.2) is 97.2 Å². The second kappa shape index (κ2) is 8.29. The number of pyridine rings is 1. The topological polar surface area (TPSA) is 40.6 Å². The predicted octanol–water partition coefficient (Wildman–Crippen LogP) is 7.64. The summed E-state index contributed by atoms with van der Waals surface area (Å²) in [5.74, 6) is 1.69. The molecule has 0 aliphatic carbocycles. The van der Waals surface area contributed by atoms with Gasteiger partial charge < -0.3 is 14.0 Å². The fraction of sp³-hybridized carbons (Fsp3) is 0.182. The minimum absolute atomic E-state index is 0.346. The predicted molar refractivity (Wildman–Crippen MR) is 154 cm³/mol. The van der Waals surface area contributed by atoms with Gasteiger partial charge in [0.2, 0.25) is 0 Å². The molecule has 7 rings (SSSR count). The molecule has 5 aromatic rings. The van der Waals surface area contributed by atoms with Crippen LogP contribution in [0.1, 0.15) is 27.7 Å². The number of rotatable bonds is 3. The molecule has 0 unspecified atom stereocenters. The zero-order chi connectivity index (χ0) is 26.1. The Balaban J connectivity index is 1.14. The molecule has 0 bridgehead atoms. The summed E-state index contributed by atoms with van der Waals surface area (Å²) in [5.41, 5.74) is 6.90. The van der Waals surface area contributed by atoms with Crippen molar-refractivity contribution in [3.8, 4) is 45.0 Å². The van der Waals surface area contributed by atoms with Crippen LogP contribution in [0.2, 0.25) is 0 Å². The van der Waals surface area contributed by atoms with Crippen molar-refractivity contribution in [2.75, 3.05) is 0 Å². The summed E-state index contributed by atoms with van der Waals surface area (Å²) in [7, 11) is -0.350. The Morgan fingerprint density at radius 3 is 1.92 bits per heavy atom. The summed E-state index contributed by atoms with van der Waals surface area (Å²) in [6.07, 6.45) is 1.87. The molecule has 0 amide bonds. The lowest BCUT2D eigenvalue weighted by Gasteiger charge is -2.32. The maximum Gasteiger partial charge on any atom is 0.494 e. The van der Waals surface area contributed by atoms with Crippen molar-refractivity contribution in [1.82, 2.24) is 4.98 Å². The molecule has 186 valence electrons. The molecule has 4 aromatic carbocycles. The third-order valence-corrected chi connectivity index (χ3v) is 8.20. The average molecular weight is 497 g/mol. The van der Waals surface area contributed by atoms with Crippen molar-refractivity contribution in [3.63, 3.8) is 0 Å². The van der Waals surface area contributed by atoms with Gasteiger partial charge in [0, 0.05) is 11.8 Å². The van der Waals surface area contributed by atoms with Crippen molar-refractivity contribution in [2.45, 2.75) is 38.9 Å². The first-order valence-corrected chi connectivity index (χ1v) is 13.1. The van der Waals surface area contributed by atoms with Gasteiger partial charge in [-0.2, -0.15) is 0 Å². The van der Waals surface area contributed by atoms with E-state index in [1.165, 1.54) is 0 Å². The second-order valence-electron chi connectivity index (χ2n) is 11.1. The van der Waals surface area contributed by atoms with E-state index in [0.717, 1.165) is 61.2 Å². The Morgan fingerprint density at radius 1 is 0.632 bits per heavy atom. The first kappa shape index (κ1) is 23.2. The van der Waals surface area contributed by atoms with Crippen LogP contribution in [-0.2, 0) is 9.31 Å². The highest BCUT2D eigenvalue weighted by Gasteiger charge is 2.51. The summed E-state index contributed by atoms with van der Waals surface area (Å²) >= 11 is 0. The van der Waals surface area contributed by atoms with Crippen molar-refractivity contribution in [2.24, 2.45) is 0 Å². The SMILES string of the molecule is CC1(C)OB(c2ccc(-c3ccc(-c4ccc5c(c4)Oc4cccc6ccnc-5c46)cc3)cc2)OC1(C)C. The average Bonchev–Trinajstić information content (AvgIpc) is 3.15. The van der Waals surface area contributed by atoms with Crippen LogP contribution in [-0.4, -0.2) is 23.3 Å². The van der Waals surface area contributed by atoms with Gasteiger partial charge in [0.1, 0.15) is 11.5 Å². The summed E-state index contributed by atoms with van der Waals surface area (Å²) in [6.45, 7) is 8.31. The maximum atomic E-state index is 6.32. The third kappa shape index (κ3) is 3.65. The Morgan fingerprint density at radius 2 is 1.24 bits per heavy atom. The highest BCUT2D eigenvalue weighted by Crippen LogP contribution is 2.46. The van der Waals surface area contributed by atoms with Gasteiger partial charge in [-0.25, -0.2) is 0 Å². The van der Waals surface area contributed by atoms with Crippen LogP contribution < -0.4 is 10.2 Å². The van der Waals surface area contributed by atoms with E-state index >= 15 is 0 Å². The lowest BCUT2D eigenvalue weighted by atomic mass is 9.78. The van der Waals surface area contributed by atoms with E-state index in [1.54, 1.807) is 0 Å². The zero-order valence-corrected chi connectivity index (χ0v) is 22.0. The monoisotopic (exact) mass is 497 g/mol. The van der Waals surface area contributed by atoms with E-state index < -0.39 is 0 Å². The van der Waals surface area contributed by atoms with E-state index in [1.807, 2.05) is 24.4 Å². The van der Waals surface area contributed by atoms with Gasteiger partial charge in [-0.15, -0.1) is 0 Å². The Bertz CT molecular complexity index is 1670. The van der Waals surface area contributed by atoms with Crippen LogP contribution in [0.25, 0.3) is 44.3 Å². The Kier molecular flexibility index (Phi) is 5.06. The molecule has 1 aromatic heterocycles. The fourth-order valence-electron chi connectivity index (χ4n) is 5.25. The van der Waals surface area contributed by atoms with Gasteiger partial charge in [-0.1, -0.05) is 66.7 Å². The van der Waals surface area contributed by atoms with Gasteiger partial charge >= 0.3 is 7.12 Å². The zero-order valence-electron chi connectivity index (χ0n) is 22.0. The quantitative estimate of drug-likeness (QED) is 0.236. The number of nitrogens with zero attached hydrogens (tertiary/aromatic N) is 1. The summed E-state index contributed by atoms with van der Waals surface area (Å²) < 4.78 is 18.7. The molecule has 1 fully saturated rings. The first-order chi connectivity index (χ1) is 18.3. The van der Waals surface area contributed by atoms with Crippen LogP contribution in [0.4, 0.5) is 0 Å². The van der Waals surface area contributed by atoms with E-state index in [4.69, 9.17) is 14.0 Å². The molecular weight excluding hydrogens is 469 g/mol. The Labute approximate surface area is 223 Å². The van der Waals surface area contributed by atoms with Crippen LogP contribution >= 0.6 is 0 Å². The molecule has 1 saturated heterocycles. The molecule has 0 radical (unpaired) electrons. The largest absolute Gasteiger partial charge is 0.494 e. The van der Waals surface area contributed by atoms with E-state index in [0.29, 0.717) is 0 Å². The molecule has 0 spiro atoms. The molecule has 0 N–H and O–H groups in total. The normalized spacial score (nSPS) is 16.8. The number of fused-ring (bicyclic) bond motifs is 2. The molecule has 3 heterocycles. The van der Waals surface area contributed by atoms with Gasteiger partial charge in [-0.05, 0) is 85.1 Å². The molecule has 5 heteroatoms. The highest BCUT2D eigenvalue weighted by atomic mass is 16.7. The van der Waals surface area contributed by atoms with Gasteiger partial charge in [0.25, 0.3) is 0 Å². The van der Waals surface area contributed by atoms with E-state index in [9.17, 15) is 0 Å². The van der Waals surface area contributed by atoms with Crippen molar-refractivity contribution < 1.29 is 14.0 Å². The molecule has 0 saturated carbocycles. The molecule has 2 aliphatic heterocycles. The van der Waals surface area contributed by atoms with Gasteiger partial charge in [0.05, 0.1) is 22.3 Å². The van der Waals surface area contributed by atoms with E-state index in [-0.39, 0.29) is 18.3 Å². The van der Waals surface area contributed by atoms with Crippen LogP contribution in [0, 0.1) is 0 Å². The lowest BCUT2D eigenvalue weighted by Crippen LogP contribution is -2.41. The Hall–Kier alpha value is -3.93. The minimum atomic E-state index is -0.350. The number of benzene rings is 4. The number of hydrogen-bond donors (Lipinski definition) is 0. The smallest absolute Gasteiger partial charge is 0.456 e.